The summed E-state index contributed by atoms with van der Waals surface area (Å²) in [4.78, 5) is 13.8. The van der Waals surface area contributed by atoms with Crippen molar-refractivity contribution in [2.45, 2.75) is 31.7 Å². The molecule has 1 aliphatic heterocycles. The van der Waals surface area contributed by atoms with E-state index in [2.05, 4.69) is 66.7 Å². The minimum atomic E-state index is 0.476. The quantitative estimate of drug-likeness (QED) is 0.699. The normalized spacial score (nSPS) is 18.1. The second kappa shape index (κ2) is 8.39. The monoisotopic (exact) mass is 404 g/mol. The van der Waals surface area contributed by atoms with Crippen molar-refractivity contribution in [2.24, 2.45) is 0 Å². The van der Waals surface area contributed by atoms with Gasteiger partial charge in [-0.25, -0.2) is 14.6 Å². The van der Waals surface area contributed by atoms with E-state index in [1.165, 1.54) is 31.4 Å². The van der Waals surface area contributed by atoms with Crippen molar-refractivity contribution in [2.75, 3.05) is 43.4 Å². The van der Waals surface area contributed by atoms with Gasteiger partial charge in [-0.3, -0.25) is 0 Å². The first-order valence-electron chi connectivity index (χ1n) is 10.8. The summed E-state index contributed by atoms with van der Waals surface area (Å²) in [6.45, 7) is 4.34. The molecular formula is C22H28N8. The van der Waals surface area contributed by atoms with Gasteiger partial charge in [-0.15, -0.1) is 5.10 Å². The predicted octanol–water partition coefficient (Wildman–Crippen LogP) is 3.35. The highest BCUT2D eigenvalue weighted by molar-refractivity contribution is 5.61. The predicted molar refractivity (Wildman–Crippen MR) is 118 cm³/mol. The molecule has 2 fully saturated rings. The number of aromatic nitrogens is 5. The van der Waals surface area contributed by atoms with Crippen molar-refractivity contribution in [3.8, 4) is 11.4 Å². The van der Waals surface area contributed by atoms with Crippen LogP contribution in [-0.2, 0) is 0 Å². The average Bonchev–Trinajstić information content (AvgIpc) is 3.47. The van der Waals surface area contributed by atoms with Crippen molar-refractivity contribution in [3.05, 3.63) is 42.7 Å². The van der Waals surface area contributed by atoms with Crippen LogP contribution < -0.4 is 10.2 Å². The second-order valence-electron chi connectivity index (χ2n) is 8.25. The third-order valence-electron chi connectivity index (χ3n) is 6.12. The third-order valence-corrected chi connectivity index (χ3v) is 6.12. The zero-order valence-corrected chi connectivity index (χ0v) is 17.4. The average molecular weight is 405 g/mol. The van der Waals surface area contributed by atoms with Crippen LogP contribution in [0.25, 0.3) is 11.4 Å². The number of benzene rings is 1. The molecule has 2 aromatic heterocycles. The summed E-state index contributed by atoms with van der Waals surface area (Å²) in [6.07, 6.45) is 8.68. The highest BCUT2D eigenvalue weighted by Gasteiger charge is 2.19. The maximum atomic E-state index is 4.64. The minimum Gasteiger partial charge on any atom is -0.369 e. The zero-order chi connectivity index (χ0) is 20.3. The van der Waals surface area contributed by atoms with Gasteiger partial charge in [0.25, 0.3) is 0 Å². The summed E-state index contributed by atoms with van der Waals surface area (Å²) >= 11 is 0. The molecule has 1 aliphatic carbocycles. The van der Waals surface area contributed by atoms with Crippen molar-refractivity contribution in [3.63, 3.8) is 0 Å². The molecule has 1 aromatic carbocycles. The molecular weight excluding hydrogens is 376 g/mol. The fraction of sp³-hybridized carbons (Fsp3) is 0.455. The first kappa shape index (κ1) is 19.0. The molecule has 0 unspecified atom stereocenters. The van der Waals surface area contributed by atoms with Crippen LogP contribution in [0.4, 0.5) is 17.3 Å². The molecule has 5 rings (SSSR count). The van der Waals surface area contributed by atoms with E-state index >= 15 is 0 Å². The molecule has 8 nitrogen and oxygen atoms in total. The molecule has 0 radical (unpaired) electrons. The standard InChI is InChI=1S/C22H28N8/c1-28-12-14-29(15-13-28)18-8-6-17(7-9-18)24-22-23-11-10-20(25-22)21-16-30(27-26-21)19-4-2-3-5-19/h6-11,16,19H,2-5,12-15H2,1H3,(H,23,24,25). The van der Waals surface area contributed by atoms with Gasteiger partial charge in [0.15, 0.2) is 0 Å². The Morgan fingerprint density at radius 1 is 0.933 bits per heavy atom. The summed E-state index contributed by atoms with van der Waals surface area (Å²) in [5.74, 6) is 0.565. The van der Waals surface area contributed by atoms with Crippen LogP contribution in [0, 0.1) is 0 Å². The Kier molecular flexibility index (Phi) is 5.31. The Hall–Kier alpha value is -3.00. The van der Waals surface area contributed by atoms with Crippen LogP contribution in [0.5, 0.6) is 0 Å². The van der Waals surface area contributed by atoms with Gasteiger partial charge in [0.1, 0.15) is 5.69 Å². The lowest BCUT2D eigenvalue weighted by atomic mass is 10.2. The molecule has 0 atom stereocenters. The van der Waals surface area contributed by atoms with E-state index in [1.807, 2.05) is 16.9 Å². The summed E-state index contributed by atoms with van der Waals surface area (Å²) in [7, 11) is 2.17. The van der Waals surface area contributed by atoms with Gasteiger partial charge < -0.3 is 15.1 Å². The zero-order valence-electron chi connectivity index (χ0n) is 17.4. The highest BCUT2D eigenvalue weighted by Crippen LogP contribution is 2.29. The lowest BCUT2D eigenvalue weighted by Gasteiger charge is -2.34. The number of piperazine rings is 1. The van der Waals surface area contributed by atoms with Crippen LogP contribution in [0.15, 0.2) is 42.7 Å². The molecule has 3 heterocycles. The smallest absolute Gasteiger partial charge is 0.227 e. The van der Waals surface area contributed by atoms with Crippen LogP contribution in [0.1, 0.15) is 31.7 Å². The summed E-state index contributed by atoms with van der Waals surface area (Å²) in [5.41, 5.74) is 3.80. The molecule has 8 heteroatoms. The van der Waals surface area contributed by atoms with Gasteiger partial charge in [0.2, 0.25) is 5.95 Å². The fourth-order valence-corrected chi connectivity index (χ4v) is 4.25. The SMILES string of the molecule is CN1CCN(c2ccc(Nc3nccc(-c4cn(C5CCCC5)nn4)n3)cc2)CC1. The minimum absolute atomic E-state index is 0.476. The lowest BCUT2D eigenvalue weighted by molar-refractivity contribution is 0.313. The first-order chi connectivity index (χ1) is 14.7. The van der Waals surface area contributed by atoms with Crippen LogP contribution in [-0.4, -0.2) is 63.1 Å². The number of anilines is 3. The van der Waals surface area contributed by atoms with Crippen LogP contribution in [0.2, 0.25) is 0 Å². The van der Waals surface area contributed by atoms with E-state index in [-0.39, 0.29) is 0 Å². The van der Waals surface area contributed by atoms with E-state index in [0.717, 1.165) is 43.3 Å². The maximum Gasteiger partial charge on any atom is 0.227 e. The Balaban J connectivity index is 1.27. The molecule has 1 N–H and O–H groups in total. The summed E-state index contributed by atoms with van der Waals surface area (Å²) in [6, 6.07) is 10.8. The third kappa shape index (κ3) is 4.14. The second-order valence-corrected chi connectivity index (χ2v) is 8.25. The van der Waals surface area contributed by atoms with E-state index in [4.69, 9.17) is 0 Å². The van der Waals surface area contributed by atoms with Crippen molar-refractivity contribution in [1.82, 2.24) is 29.9 Å². The number of rotatable bonds is 5. The molecule has 1 saturated carbocycles. The Labute approximate surface area is 176 Å². The molecule has 2 aliphatic rings. The molecule has 1 saturated heterocycles. The molecule has 30 heavy (non-hydrogen) atoms. The van der Waals surface area contributed by atoms with E-state index < -0.39 is 0 Å². The van der Waals surface area contributed by atoms with Crippen LogP contribution in [0.3, 0.4) is 0 Å². The van der Waals surface area contributed by atoms with E-state index in [0.29, 0.717) is 12.0 Å². The molecule has 3 aromatic rings. The molecule has 0 bridgehead atoms. The number of likely N-dealkylation sites (N-methyl/N-ethyl adjacent to an activating group) is 1. The van der Waals surface area contributed by atoms with Gasteiger partial charge in [-0.2, -0.15) is 0 Å². The van der Waals surface area contributed by atoms with Crippen molar-refractivity contribution >= 4 is 17.3 Å². The van der Waals surface area contributed by atoms with E-state index in [1.54, 1.807) is 6.20 Å². The summed E-state index contributed by atoms with van der Waals surface area (Å²) < 4.78 is 1.99. The van der Waals surface area contributed by atoms with Gasteiger partial charge in [0.05, 0.1) is 17.9 Å². The Morgan fingerprint density at radius 3 is 2.47 bits per heavy atom. The van der Waals surface area contributed by atoms with Gasteiger partial charge in [-0.05, 0) is 50.2 Å². The van der Waals surface area contributed by atoms with Gasteiger partial charge in [-0.1, -0.05) is 18.1 Å². The number of hydrogen-bond acceptors (Lipinski definition) is 7. The highest BCUT2D eigenvalue weighted by atomic mass is 15.4. The molecule has 0 spiro atoms. The number of nitrogens with one attached hydrogen (secondary N) is 1. The maximum absolute atomic E-state index is 4.64. The van der Waals surface area contributed by atoms with E-state index in [9.17, 15) is 0 Å². The lowest BCUT2D eigenvalue weighted by Crippen LogP contribution is -2.44. The fourth-order valence-electron chi connectivity index (χ4n) is 4.25. The Bertz CT molecular complexity index is 969. The van der Waals surface area contributed by atoms with Crippen molar-refractivity contribution < 1.29 is 0 Å². The number of hydrogen-bond donors (Lipinski definition) is 1. The van der Waals surface area contributed by atoms with Crippen molar-refractivity contribution in [1.29, 1.82) is 0 Å². The first-order valence-corrected chi connectivity index (χ1v) is 10.8. The molecule has 0 amide bonds. The molecule has 156 valence electrons. The topological polar surface area (TPSA) is 75.0 Å². The largest absolute Gasteiger partial charge is 0.369 e. The van der Waals surface area contributed by atoms with Gasteiger partial charge in [0, 0.05) is 43.8 Å². The number of nitrogens with zero attached hydrogens (tertiary/aromatic N) is 7. The van der Waals surface area contributed by atoms with Crippen LogP contribution >= 0.6 is 0 Å². The van der Waals surface area contributed by atoms with Gasteiger partial charge >= 0.3 is 0 Å². The summed E-state index contributed by atoms with van der Waals surface area (Å²) in [5, 5.41) is 12.0. The Morgan fingerprint density at radius 2 is 1.70 bits per heavy atom.